The van der Waals surface area contributed by atoms with Crippen LogP contribution in [0.5, 0.6) is 0 Å². The molecular weight excluding hydrogens is 250 g/mol. The summed E-state index contributed by atoms with van der Waals surface area (Å²) < 4.78 is 0. The Bertz CT molecular complexity index is 781. The lowest BCUT2D eigenvalue weighted by molar-refractivity contribution is 0.919. The van der Waals surface area contributed by atoms with Crippen LogP contribution in [0.25, 0.3) is 11.3 Å². The van der Waals surface area contributed by atoms with Crippen LogP contribution in [-0.4, -0.2) is 19.1 Å². The predicted octanol–water partition coefficient (Wildman–Crippen LogP) is 2.08. The lowest BCUT2D eigenvalue weighted by Crippen LogP contribution is -2.17. The van der Waals surface area contributed by atoms with Crippen molar-refractivity contribution in [2.24, 2.45) is 0 Å². The molecule has 0 saturated carbocycles. The van der Waals surface area contributed by atoms with Gasteiger partial charge in [-0.3, -0.25) is 4.79 Å². The number of benzene rings is 1. The van der Waals surface area contributed by atoms with Gasteiger partial charge in [-0.25, -0.2) is 0 Å². The van der Waals surface area contributed by atoms with Gasteiger partial charge in [0, 0.05) is 25.3 Å². The molecule has 1 heterocycles. The van der Waals surface area contributed by atoms with E-state index in [1.165, 1.54) is 5.56 Å². The zero-order chi connectivity index (χ0) is 14.3. The molecule has 20 heavy (non-hydrogen) atoms. The van der Waals surface area contributed by atoms with E-state index in [1.807, 2.05) is 32.3 Å². The fourth-order valence-corrected chi connectivity index (χ4v) is 2.67. The SMILES string of the molecule is CN(C)c1ccc2c(c1)CCc1cc(C#N)c(=O)[nH]c1-2. The molecule has 4 nitrogen and oxygen atoms in total. The van der Waals surface area contributed by atoms with Crippen LogP contribution in [0.2, 0.25) is 0 Å². The maximum Gasteiger partial charge on any atom is 0.266 e. The highest BCUT2D eigenvalue weighted by molar-refractivity contribution is 5.72. The fraction of sp³-hybridized carbons (Fsp3) is 0.250. The Morgan fingerprint density at radius 3 is 2.65 bits per heavy atom. The number of H-pyrrole nitrogens is 1. The Kier molecular flexibility index (Phi) is 2.83. The summed E-state index contributed by atoms with van der Waals surface area (Å²) in [5, 5.41) is 8.94. The summed E-state index contributed by atoms with van der Waals surface area (Å²) in [5.74, 6) is 0. The summed E-state index contributed by atoms with van der Waals surface area (Å²) in [6, 6.07) is 9.92. The van der Waals surface area contributed by atoms with E-state index in [0.29, 0.717) is 0 Å². The highest BCUT2D eigenvalue weighted by atomic mass is 16.1. The largest absolute Gasteiger partial charge is 0.378 e. The number of anilines is 1. The highest BCUT2D eigenvalue weighted by Gasteiger charge is 2.19. The van der Waals surface area contributed by atoms with Crippen LogP contribution in [0.1, 0.15) is 16.7 Å². The number of nitriles is 1. The van der Waals surface area contributed by atoms with Crippen molar-refractivity contribution in [3.05, 3.63) is 51.3 Å². The van der Waals surface area contributed by atoms with E-state index in [2.05, 4.69) is 16.0 Å². The zero-order valence-electron chi connectivity index (χ0n) is 11.5. The summed E-state index contributed by atoms with van der Waals surface area (Å²) in [5.41, 5.74) is 5.25. The van der Waals surface area contributed by atoms with Crippen molar-refractivity contribution in [3.8, 4) is 17.3 Å². The number of nitrogens with zero attached hydrogens (tertiary/aromatic N) is 2. The lowest BCUT2D eigenvalue weighted by Gasteiger charge is -2.22. The molecule has 1 aromatic carbocycles. The molecule has 0 bridgehead atoms. The minimum atomic E-state index is -0.309. The Morgan fingerprint density at radius 2 is 1.95 bits per heavy atom. The molecule has 1 N–H and O–H groups in total. The Morgan fingerprint density at radius 1 is 1.20 bits per heavy atom. The first kappa shape index (κ1) is 12.5. The molecule has 0 saturated heterocycles. The molecule has 100 valence electrons. The number of rotatable bonds is 1. The van der Waals surface area contributed by atoms with Crippen molar-refractivity contribution in [2.45, 2.75) is 12.8 Å². The van der Waals surface area contributed by atoms with E-state index in [0.717, 1.165) is 35.3 Å². The van der Waals surface area contributed by atoms with Crippen molar-refractivity contribution < 1.29 is 0 Å². The third kappa shape index (κ3) is 1.88. The second kappa shape index (κ2) is 4.53. The third-order valence-corrected chi connectivity index (χ3v) is 3.78. The molecule has 0 radical (unpaired) electrons. The Hall–Kier alpha value is -2.54. The summed E-state index contributed by atoms with van der Waals surface area (Å²) in [7, 11) is 4.03. The maximum absolute atomic E-state index is 11.8. The second-order valence-corrected chi connectivity index (χ2v) is 5.26. The molecule has 1 aliphatic rings. The summed E-state index contributed by atoms with van der Waals surface area (Å²) in [6.45, 7) is 0. The predicted molar refractivity (Wildman–Crippen MR) is 78.9 cm³/mol. The van der Waals surface area contributed by atoms with Crippen LogP contribution in [0.15, 0.2) is 29.1 Å². The Labute approximate surface area is 117 Å². The summed E-state index contributed by atoms with van der Waals surface area (Å²) >= 11 is 0. The number of aromatic amines is 1. The van der Waals surface area contributed by atoms with Gasteiger partial charge in [-0.2, -0.15) is 5.26 Å². The number of fused-ring (bicyclic) bond motifs is 3. The number of aryl methyl sites for hydroxylation is 2. The van der Waals surface area contributed by atoms with Crippen molar-refractivity contribution in [1.82, 2.24) is 4.98 Å². The van der Waals surface area contributed by atoms with Gasteiger partial charge in [0.15, 0.2) is 0 Å². The first-order valence-corrected chi connectivity index (χ1v) is 6.57. The van der Waals surface area contributed by atoms with Gasteiger partial charge in [0.1, 0.15) is 11.6 Å². The number of nitrogens with one attached hydrogen (secondary N) is 1. The van der Waals surface area contributed by atoms with Gasteiger partial charge in [-0.1, -0.05) is 6.07 Å². The van der Waals surface area contributed by atoms with Gasteiger partial charge in [-0.15, -0.1) is 0 Å². The molecule has 0 spiro atoms. The monoisotopic (exact) mass is 265 g/mol. The van der Waals surface area contributed by atoms with E-state index in [4.69, 9.17) is 5.26 Å². The molecule has 0 aliphatic heterocycles. The highest BCUT2D eigenvalue weighted by Crippen LogP contribution is 2.33. The first-order chi connectivity index (χ1) is 9.60. The minimum Gasteiger partial charge on any atom is -0.378 e. The van der Waals surface area contributed by atoms with E-state index < -0.39 is 0 Å². The molecule has 4 heteroatoms. The molecule has 1 aromatic heterocycles. The topological polar surface area (TPSA) is 59.9 Å². The lowest BCUT2D eigenvalue weighted by atomic mass is 9.88. The molecule has 0 unspecified atom stereocenters. The smallest absolute Gasteiger partial charge is 0.266 e. The van der Waals surface area contributed by atoms with Crippen molar-refractivity contribution in [3.63, 3.8) is 0 Å². The minimum absolute atomic E-state index is 0.192. The van der Waals surface area contributed by atoms with Gasteiger partial charge in [0.2, 0.25) is 0 Å². The van der Waals surface area contributed by atoms with Crippen LogP contribution in [0.3, 0.4) is 0 Å². The van der Waals surface area contributed by atoms with Gasteiger partial charge in [0.05, 0.1) is 5.69 Å². The molecule has 1 aliphatic carbocycles. The van der Waals surface area contributed by atoms with Crippen molar-refractivity contribution in [2.75, 3.05) is 19.0 Å². The van der Waals surface area contributed by atoms with Gasteiger partial charge in [-0.05, 0) is 42.2 Å². The van der Waals surface area contributed by atoms with Crippen molar-refractivity contribution >= 4 is 5.69 Å². The number of aromatic nitrogens is 1. The van der Waals surface area contributed by atoms with Crippen LogP contribution < -0.4 is 10.5 Å². The number of hydrogen-bond donors (Lipinski definition) is 1. The number of hydrogen-bond acceptors (Lipinski definition) is 3. The van der Waals surface area contributed by atoms with Gasteiger partial charge in [0.25, 0.3) is 5.56 Å². The first-order valence-electron chi connectivity index (χ1n) is 6.57. The van der Waals surface area contributed by atoms with E-state index in [9.17, 15) is 4.79 Å². The second-order valence-electron chi connectivity index (χ2n) is 5.26. The summed E-state index contributed by atoms with van der Waals surface area (Å²) in [4.78, 5) is 16.7. The molecule has 3 rings (SSSR count). The van der Waals surface area contributed by atoms with Gasteiger partial charge < -0.3 is 9.88 Å². The van der Waals surface area contributed by atoms with E-state index in [-0.39, 0.29) is 11.1 Å². The van der Waals surface area contributed by atoms with Crippen LogP contribution >= 0.6 is 0 Å². The van der Waals surface area contributed by atoms with E-state index in [1.54, 1.807) is 6.07 Å². The third-order valence-electron chi connectivity index (χ3n) is 3.78. The average Bonchev–Trinajstić information content (AvgIpc) is 2.45. The van der Waals surface area contributed by atoms with Crippen LogP contribution in [0, 0.1) is 11.3 Å². The maximum atomic E-state index is 11.8. The molecule has 0 fully saturated rings. The zero-order valence-corrected chi connectivity index (χ0v) is 11.5. The van der Waals surface area contributed by atoms with Crippen LogP contribution in [-0.2, 0) is 12.8 Å². The van der Waals surface area contributed by atoms with Gasteiger partial charge >= 0.3 is 0 Å². The van der Waals surface area contributed by atoms with E-state index >= 15 is 0 Å². The molecular formula is C16H15N3O. The standard InChI is InChI=1S/C16H15N3O/c1-19(2)13-5-6-14-10(8-13)3-4-11-7-12(9-17)16(20)18-15(11)14/h5-8H,3-4H2,1-2H3,(H,18,20). The fourth-order valence-electron chi connectivity index (χ4n) is 2.67. The number of pyridine rings is 1. The molecule has 2 aromatic rings. The molecule has 0 atom stereocenters. The average molecular weight is 265 g/mol. The Balaban J connectivity index is 2.19. The summed E-state index contributed by atoms with van der Waals surface area (Å²) in [6.07, 6.45) is 1.78. The van der Waals surface area contributed by atoms with Crippen molar-refractivity contribution in [1.29, 1.82) is 5.26 Å². The normalized spacial score (nSPS) is 12.2. The molecule has 0 amide bonds. The quantitative estimate of drug-likeness (QED) is 0.858. The van der Waals surface area contributed by atoms with Crippen LogP contribution in [0.4, 0.5) is 5.69 Å².